The van der Waals surface area contributed by atoms with Crippen LogP contribution in [0.3, 0.4) is 0 Å². The van der Waals surface area contributed by atoms with E-state index in [2.05, 4.69) is 40.0 Å². The van der Waals surface area contributed by atoms with E-state index in [1.165, 1.54) is 10.9 Å². The second-order valence-corrected chi connectivity index (χ2v) is 6.29. The Hall–Kier alpha value is -2.73. The van der Waals surface area contributed by atoms with Crippen molar-refractivity contribution in [1.82, 2.24) is 15.6 Å². The first-order chi connectivity index (χ1) is 12.7. The predicted octanol–water partition coefficient (Wildman–Crippen LogP) is 3.41. The Balaban J connectivity index is 2.11. The molecule has 0 radical (unpaired) electrons. The number of aromatic nitrogens is 1. The summed E-state index contributed by atoms with van der Waals surface area (Å²) in [6, 6.07) is 14.2. The van der Waals surface area contributed by atoms with Crippen molar-refractivity contribution in [2.45, 2.75) is 5.92 Å². The average Bonchev–Trinajstić information content (AvgIpc) is 3.11. The van der Waals surface area contributed by atoms with Gasteiger partial charge in [0.15, 0.2) is 16.6 Å². The normalized spacial score (nSPS) is 11.8. The molecule has 6 heteroatoms. The molecule has 3 N–H and O–H groups in total. The zero-order chi connectivity index (χ0) is 18.5. The van der Waals surface area contributed by atoms with Crippen LogP contribution in [-0.4, -0.2) is 37.9 Å². The van der Waals surface area contributed by atoms with Gasteiger partial charge in [-0.25, -0.2) is 0 Å². The van der Waals surface area contributed by atoms with Crippen molar-refractivity contribution in [3.63, 3.8) is 0 Å². The molecular formula is C20H23N3O2S. The van der Waals surface area contributed by atoms with Gasteiger partial charge in [-0.05, 0) is 29.9 Å². The monoisotopic (exact) mass is 369 g/mol. The maximum absolute atomic E-state index is 5.68. The minimum Gasteiger partial charge on any atom is -0.493 e. The van der Waals surface area contributed by atoms with Crippen LogP contribution >= 0.6 is 12.2 Å². The van der Waals surface area contributed by atoms with E-state index in [1.807, 2.05) is 31.3 Å². The van der Waals surface area contributed by atoms with Gasteiger partial charge in [-0.15, -0.1) is 0 Å². The van der Waals surface area contributed by atoms with Gasteiger partial charge in [-0.3, -0.25) is 0 Å². The Kier molecular flexibility index (Phi) is 5.63. The fourth-order valence-electron chi connectivity index (χ4n) is 3.24. The van der Waals surface area contributed by atoms with Crippen LogP contribution in [0.1, 0.15) is 17.0 Å². The largest absolute Gasteiger partial charge is 0.493 e. The molecule has 0 bridgehead atoms. The Morgan fingerprint density at radius 3 is 2.62 bits per heavy atom. The lowest BCUT2D eigenvalue weighted by atomic mass is 9.90. The van der Waals surface area contributed by atoms with Gasteiger partial charge in [0.25, 0.3) is 0 Å². The smallest absolute Gasteiger partial charge is 0.166 e. The highest BCUT2D eigenvalue weighted by atomic mass is 32.1. The fourth-order valence-corrected chi connectivity index (χ4v) is 3.32. The zero-order valence-electron chi connectivity index (χ0n) is 15.1. The van der Waals surface area contributed by atoms with Gasteiger partial charge in [0, 0.05) is 42.2 Å². The van der Waals surface area contributed by atoms with Crippen molar-refractivity contribution in [2.24, 2.45) is 0 Å². The molecule has 0 unspecified atom stereocenters. The van der Waals surface area contributed by atoms with Gasteiger partial charge in [0.1, 0.15) is 0 Å². The predicted molar refractivity (Wildman–Crippen MR) is 109 cm³/mol. The van der Waals surface area contributed by atoms with Crippen LogP contribution < -0.4 is 20.1 Å². The topological polar surface area (TPSA) is 58.3 Å². The summed E-state index contributed by atoms with van der Waals surface area (Å²) in [4.78, 5) is 3.36. The number of ether oxygens (including phenoxy) is 2. The summed E-state index contributed by atoms with van der Waals surface area (Å²) in [5.74, 6) is 1.48. The van der Waals surface area contributed by atoms with E-state index in [0.29, 0.717) is 17.4 Å². The number of para-hydroxylation sites is 2. The molecule has 3 rings (SSSR count). The molecule has 3 aromatic rings. The summed E-state index contributed by atoms with van der Waals surface area (Å²) >= 11 is 5.27. The van der Waals surface area contributed by atoms with E-state index < -0.39 is 0 Å². The molecule has 0 saturated heterocycles. The first-order valence-electron chi connectivity index (χ1n) is 8.42. The highest BCUT2D eigenvalue weighted by Crippen LogP contribution is 2.40. The number of thiocarbonyl (C=S) groups is 1. The van der Waals surface area contributed by atoms with Crippen LogP contribution in [0.5, 0.6) is 11.5 Å². The van der Waals surface area contributed by atoms with Crippen LogP contribution in [0.25, 0.3) is 10.9 Å². The van der Waals surface area contributed by atoms with E-state index >= 15 is 0 Å². The number of H-pyrrole nitrogens is 1. The van der Waals surface area contributed by atoms with Crippen molar-refractivity contribution < 1.29 is 9.47 Å². The summed E-state index contributed by atoms with van der Waals surface area (Å²) in [5.41, 5.74) is 3.33. The lowest BCUT2D eigenvalue weighted by Crippen LogP contribution is -2.35. The summed E-state index contributed by atoms with van der Waals surface area (Å²) in [6.45, 7) is 0.630. The third kappa shape index (κ3) is 3.46. The van der Waals surface area contributed by atoms with Crippen molar-refractivity contribution >= 4 is 28.2 Å². The molecular weight excluding hydrogens is 346 g/mol. The van der Waals surface area contributed by atoms with E-state index in [4.69, 9.17) is 21.7 Å². The molecule has 0 saturated carbocycles. The third-order valence-electron chi connectivity index (χ3n) is 4.50. The average molecular weight is 369 g/mol. The number of rotatable bonds is 6. The Labute approximate surface area is 158 Å². The molecule has 0 aliphatic rings. The van der Waals surface area contributed by atoms with E-state index in [9.17, 15) is 0 Å². The van der Waals surface area contributed by atoms with Gasteiger partial charge in [0.05, 0.1) is 14.2 Å². The fraction of sp³-hybridized carbons (Fsp3) is 0.250. The Morgan fingerprint density at radius 2 is 1.88 bits per heavy atom. The van der Waals surface area contributed by atoms with Gasteiger partial charge < -0.3 is 25.1 Å². The van der Waals surface area contributed by atoms with Crippen LogP contribution in [0.15, 0.2) is 48.7 Å². The van der Waals surface area contributed by atoms with Gasteiger partial charge >= 0.3 is 0 Å². The van der Waals surface area contributed by atoms with Gasteiger partial charge in [0.2, 0.25) is 0 Å². The maximum atomic E-state index is 5.68. The lowest BCUT2D eigenvalue weighted by molar-refractivity contribution is 0.350. The highest BCUT2D eigenvalue weighted by molar-refractivity contribution is 7.80. The summed E-state index contributed by atoms with van der Waals surface area (Å²) in [7, 11) is 5.12. The van der Waals surface area contributed by atoms with Crippen LogP contribution in [0.2, 0.25) is 0 Å². The number of benzene rings is 2. The lowest BCUT2D eigenvalue weighted by Gasteiger charge is -2.22. The minimum absolute atomic E-state index is 0.0301. The molecule has 0 spiro atoms. The number of methoxy groups -OCH3 is 2. The Bertz CT molecular complexity index is 907. The number of hydrogen-bond donors (Lipinski definition) is 3. The summed E-state index contributed by atoms with van der Waals surface area (Å²) in [5, 5.41) is 8.03. The van der Waals surface area contributed by atoms with Crippen LogP contribution in [0.4, 0.5) is 0 Å². The SMILES string of the molecule is CNC(=S)NC[C@H](c1cccc(OC)c1OC)c1c[nH]c2ccccc12. The molecule has 5 nitrogen and oxygen atoms in total. The maximum Gasteiger partial charge on any atom is 0.166 e. The zero-order valence-corrected chi connectivity index (χ0v) is 15.9. The molecule has 1 heterocycles. The van der Waals surface area contributed by atoms with Crippen molar-refractivity contribution in [3.05, 3.63) is 59.8 Å². The number of fused-ring (bicyclic) bond motifs is 1. The molecule has 0 amide bonds. The van der Waals surface area contributed by atoms with Crippen molar-refractivity contribution in [1.29, 1.82) is 0 Å². The number of hydrogen-bond acceptors (Lipinski definition) is 3. The second-order valence-electron chi connectivity index (χ2n) is 5.88. The number of aromatic amines is 1. The summed E-state index contributed by atoms with van der Waals surface area (Å²) < 4.78 is 11.2. The van der Waals surface area contributed by atoms with Gasteiger partial charge in [-0.2, -0.15) is 0 Å². The molecule has 0 aliphatic carbocycles. The second kappa shape index (κ2) is 8.10. The number of nitrogens with one attached hydrogen (secondary N) is 3. The molecule has 2 aromatic carbocycles. The quantitative estimate of drug-likeness (QED) is 0.582. The first kappa shape index (κ1) is 18.1. The minimum atomic E-state index is 0.0301. The van der Waals surface area contributed by atoms with Crippen molar-refractivity contribution in [3.8, 4) is 11.5 Å². The molecule has 26 heavy (non-hydrogen) atoms. The van der Waals surface area contributed by atoms with Gasteiger partial charge in [-0.1, -0.05) is 30.3 Å². The van der Waals surface area contributed by atoms with Crippen molar-refractivity contribution in [2.75, 3.05) is 27.8 Å². The van der Waals surface area contributed by atoms with E-state index in [1.54, 1.807) is 14.2 Å². The molecule has 136 valence electrons. The first-order valence-corrected chi connectivity index (χ1v) is 8.82. The third-order valence-corrected chi connectivity index (χ3v) is 4.85. The highest BCUT2D eigenvalue weighted by Gasteiger charge is 2.23. The van der Waals surface area contributed by atoms with E-state index in [0.717, 1.165) is 16.8 Å². The molecule has 1 aromatic heterocycles. The van der Waals surface area contributed by atoms with E-state index in [-0.39, 0.29) is 5.92 Å². The van der Waals surface area contributed by atoms with Crippen LogP contribution in [0, 0.1) is 0 Å². The molecule has 0 aliphatic heterocycles. The Morgan fingerprint density at radius 1 is 1.08 bits per heavy atom. The molecule has 1 atom stereocenters. The standard InChI is InChI=1S/C20H23N3O2S/c1-21-20(26)23-12-16(14-8-6-10-18(24-2)19(14)25-3)15-11-22-17-9-5-4-7-13(15)17/h4-11,16,22H,12H2,1-3H3,(H2,21,23,26)/t16-/m1/s1. The summed E-state index contributed by atoms with van der Waals surface area (Å²) in [6.07, 6.45) is 2.05. The van der Waals surface area contributed by atoms with Crippen LogP contribution in [-0.2, 0) is 0 Å². The molecule has 0 fully saturated rings.